The zero-order chi connectivity index (χ0) is 16.9. The molecule has 6 heteroatoms. The lowest BCUT2D eigenvalue weighted by molar-refractivity contribution is -0.145. The third kappa shape index (κ3) is 4.10. The molecule has 0 atom stereocenters. The van der Waals surface area contributed by atoms with E-state index in [9.17, 15) is 4.79 Å². The molecule has 124 valence electrons. The summed E-state index contributed by atoms with van der Waals surface area (Å²) in [4.78, 5) is 16.0. The van der Waals surface area contributed by atoms with Crippen molar-refractivity contribution in [3.05, 3.63) is 59.4 Å². The Labute approximate surface area is 139 Å². The molecule has 2 aromatic heterocycles. The van der Waals surface area contributed by atoms with Gasteiger partial charge in [-0.1, -0.05) is 35.0 Å². The molecule has 0 bridgehead atoms. The summed E-state index contributed by atoms with van der Waals surface area (Å²) in [5, 5.41) is 3.77. The summed E-state index contributed by atoms with van der Waals surface area (Å²) < 4.78 is 15.7. The smallest absolute Gasteiger partial charge is 0.306 e. The summed E-state index contributed by atoms with van der Waals surface area (Å²) in [5.41, 5.74) is 2.74. The third-order valence-electron chi connectivity index (χ3n) is 3.49. The first kappa shape index (κ1) is 16.0. The van der Waals surface area contributed by atoms with Crippen LogP contribution in [0.25, 0.3) is 11.3 Å². The third-order valence-corrected chi connectivity index (χ3v) is 3.49. The number of ether oxygens (including phenoxy) is 1. The standard InChI is InChI=1S/C18H18N2O4/c1-12-3-5-14(6-4-12)16-10-19-17(23-16)7-8-18(21)22-11-15-9-13(2)24-20-15/h3-6,9-10H,7-8,11H2,1-2H3. The van der Waals surface area contributed by atoms with E-state index in [1.807, 2.05) is 31.2 Å². The van der Waals surface area contributed by atoms with Crippen LogP contribution in [-0.4, -0.2) is 16.1 Å². The van der Waals surface area contributed by atoms with Crippen molar-refractivity contribution < 1.29 is 18.5 Å². The SMILES string of the molecule is Cc1ccc(-c2cnc(CCC(=O)OCc3cc(C)on3)o2)cc1. The summed E-state index contributed by atoms with van der Waals surface area (Å²) in [5.74, 6) is 1.56. The first-order chi connectivity index (χ1) is 11.6. The molecule has 0 saturated heterocycles. The minimum absolute atomic E-state index is 0.108. The van der Waals surface area contributed by atoms with Crippen LogP contribution in [0.1, 0.15) is 29.3 Å². The molecule has 0 N–H and O–H groups in total. The number of hydrogen-bond acceptors (Lipinski definition) is 6. The van der Waals surface area contributed by atoms with Gasteiger partial charge in [-0.15, -0.1) is 0 Å². The van der Waals surface area contributed by atoms with Gasteiger partial charge in [0.1, 0.15) is 18.1 Å². The Bertz CT molecular complexity index is 818. The molecule has 0 radical (unpaired) electrons. The van der Waals surface area contributed by atoms with Crippen molar-refractivity contribution in [3.63, 3.8) is 0 Å². The molecule has 6 nitrogen and oxygen atoms in total. The van der Waals surface area contributed by atoms with Gasteiger partial charge in [0, 0.05) is 18.1 Å². The van der Waals surface area contributed by atoms with Crippen molar-refractivity contribution in [2.45, 2.75) is 33.3 Å². The van der Waals surface area contributed by atoms with Gasteiger partial charge in [-0.2, -0.15) is 0 Å². The molecule has 24 heavy (non-hydrogen) atoms. The molecule has 0 unspecified atom stereocenters. The van der Waals surface area contributed by atoms with Crippen LogP contribution in [-0.2, 0) is 22.6 Å². The zero-order valence-electron chi connectivity index (χ0n) is 13.6. The summed E-state index contributed by atoms with van der Waals surface area (Å²) >= 11 is 0. The van der Waals surface area contributed by atoms with Gasteiger partial charge in [-0.3, -0.25) is 4.79 Å². The summed E-state index contributed by atoms with van der Waals surface area (Å²) in [7, 11) is 0. The first-order valence-corrected chi connectivity index (χ1v) is 7.70. The van der Waals surface area contributed by atoms with Crippen LogP contribution >= 0.6 is 0 Å². The molecule has 0 spiro atoms. The van der Waals surface area contributed by atoms with Crippen molar-refractivity contribution in [3.8, 4) is 11.3 Å². The Morgan fingerprint density at radius 1 is 1.21 bits per heavy atom. The number of nitrogens with zero attached hydrogens (tertiary/aromatic N) is 2. The van der Waals surface area contributed by atoms with Crippen LogP contribution in [0, 0.1) is 13.8 Å². The van der Waals surface area contributed by atoms with E-state index in [0.717, 1.165) is 5.56 Å². The number of benzene rings is 1. The van der Waals surface area contributed by atoms with E-state index in [4.69, 9.17) is 13.7 Å². The largest absolute Gasteiger partial charge is 0.459 e. The van der Waals surface area contributed by atoms with Crippen LogP contribution in [0.2, 0.25) is 0 Å². The summed E-state index contributed by atoms with van der Waals surface area (Å²) in [6.45, 7) is 3.92. The van der Waals surface area contributed by atoms with Crippen molar-refractivity contribution in [2.24, 2.45) is 0 Å². The molecule has 0 fully saturated rings. The predicted molar refractivity (Wildman–Crippen MR) is 86.0 cm³/mol. The minimum atomic E-state index is -0.328. The second kappa shape index (κ2) is 7.12. The molecule has 3 rings (SSSR count). The molecule has 0 aliphatic carbocycles. The fraction of sp³-hybridized carbons (Fsp3) is 0.278. The van der Waals surface area contributed by atoms with Gasteiger partial charge in [-0.25, -0.2) is 4.98 Å². The van der Waals surface area contributed by atoms with Crippen molar-refractivity contribution in [1.82, 2.24) is 10.1 Å². The van der Waals surface area contributed by atoms with Gasteiger partial charge >= 0.3 is 5.97 Å². The van der Waals surface area contributed by atoms with E-state index < -0.39 is 0 Å². The number of carbonyl (C=O) groups excluding carboxylic acids is 1. The van der Waals surface area contributed by atoms with Crippen molar-refractivity contribution >= 4 is 5.97 Å². The highest BCUT2D eigenvalue weighted by Crippen LogP contribution is 2.21. The average Bonchev–Trinajstić information content (AvgIpc) is 3.21. The van der Waals surface area contributed by atoms with Crippen LogP contribution in [0.15, 0.2) is 45.5 Å². The molecule has 0 saturated carbocycles. The van der Waals surface area contributed by atoms with E-state index in [2.05, 4.69) is 10.1 Å². The van der Waals surface area contributed by atoms with Crippen LogP contribution in [0.5, 0.6) is 0 Å². The van der Waals surface area contributed by atoms with Gasteiger partial charge in [0.2, 0.25) is 0 Å². The maximum atomic E-state index is 11.8. The summed E-state index contributed by atoms with van der Waals surface area (Å²) in [6.07, 6.45) is 2.26. The number of esters is 1. The highest BCUT2D eigenvalue weighted by Gasteiger charge is 2.11. The second-order valence-corrected chi connectivity index (χ2v) is 5.57. The number of carbonyl (C=O) groups is 1. The Hall–Kier alpha value is -2.89. The van der Waals surface area contributed by atoms with Crippen LogP contribution in [0.3, 0.4) is 0 Å². The Balaban J connectivity index is 1.49. The van der Waals surface area contributed by atoms with Crippen molar-refractivity contribution in [2.75, 3.05) is 0 Å². The van der Waals surface area contributed by atoms with E-state index in [1.165, 1.54) is 5.56 Å². The normalized spacial score (nSPS) is 10.8. The molecule has 1 aromatic carbocycles. The second-order valence-electron chi connectivity index (χ2n) is 5.57. The molecule has 0 amide bonds. The fourth-order valence-electron chi connectivity index (χ4n) is 2.20. The Morgan fingerprint density at radius 2 is 2.00 bits per heavy atom. The zero-order valence-corrected chi connectivity index (χ0v) is 13.6. The lowest BCUT2D eigenvalue weighted by Crippen LogP contribution is -2.06. The number of hydrogen-bond donors (Lipinski definition) is 0. The fourth-order valence-corrected chi connectivity index (χ4v) is 2.20. The molecular weight excluding hydrogens is 308 g/mol. The Kier molecular flexibility index (Phi) is 4.74. The van der Waals surface area contributed by atoms with E-state index >= 15 is 0 Å². The maximum Gasteiger partial charge on any atom is 0.306 e. The number of aryl methyl sites for hydroxylation is 3. The molecule has 0 aliphatic heterocycles. The molecule has 3 aromatic rings. The first-order valence-electron chi connectivity index (χ1n) is 7.70. The lowest BCUT2D eigenvalue weighted by Gasteiger charge is -2.01. The monoisotopic (exact) mass is 326 g/mol. The van der Waals surface area contributed by atoms with E-state index in [0.29, 0.717) is 29.5 Å². The average molecular weight is 326 g/mol. The van der Waals surface area contributed by atoms with Crippen LogP contribution < -0.4 is 0 Å². The van der Waals surface area contributed by atoms with Gasteiger partial charge < -0.3 is 13.7 Å². The van der Waals surface area contributed by atoms with Gasteiger partial charge in [0.05, 0.1) is 12.6 Å². The Morgan fingerprint density at radius 3 is 2.71 bits per heavy atom. The molecule has 0 aliphatic rings. The number of aromatic nitrogens is 2. The molecule has 2 heterocycles. The van der Waals surface area contributed by atoms with Gasteiger partial charge in [0.15, 0.2) is 11.7 Å². The van der Waals surface area contributed by atoms with Gasteiger partial charge in [-0.05, 0) is 13.8 Å². The maximum absolute atomic E-state index is 11.8. The van der Waals surface area contributed by atoms with Gasteiger partial charge in [0.25, 0.3) is 0 Å². The van der Waals surface area contributed by atoms with Crippen LogP contribution in [0.4, 0.5) is 0 Å². The van der Waals surface area contributed by atoms with E-state index in [1.54, 1.807) is 19.2 Å². The minimum Gasteiger partial charge on any atom is -0.459 e. The highest BCUT2D eigenvalue weighted by atomic mass is 16.5. The molecular formula is C18H18N2O4. The number of rotatable bonds is 6. The topological polar surface area (TPSA) is 78.4 Å². The number of oxazole rings is 1. The highest BCUT2D eigenvalue weighted by molar-refractivity contribution is 5.69. The predicted octanol–water partition coefficient (Wildman–Crippen LogP) is 3.62. The quantitative estimate of drug-likeness (QED) is 0.644. The van der Waals surface area contributed by atoms with Crippen molar-refractivity contribution in [1.29, 1.82) is 0 Å². The summed E-state index contributed by atoms with van der Waals surface area (Å²) in [6, 6.07) is 9.72. The van der Waals surface area contributed by atoms with E-state index in [-0.39, 0.29) is 19.0 Å². The lowest BCUT2D eigenvalue weighted by atomic mass is 10.1.